The van der Waals surface area contributed by atoms with Gasteiger partial charge in [-0.3, -0.25) is 0 Å². The minimum absolute atomic E-state index is 0.152. The van der Waals surface area contributed by atoms with Crippen LogP contribution in [0.5, 0.6) is 5.88 Å². The Morgan fingerprint density at radius 3 is 2.47 bits per heavy atom. The summed E-state index contributed by atoms with van der Waals surface area (Å²) in [5, 5.41) is 14.8. The lowest BCUT2D eigenvalue weighted by molar-refractivity contribution is -0.137. The average molecular weight is 437 g/mol. The van der Waals surface area contributed by atoms with Gasteiger partial charge in [0, 0.05) is 36.4 Å². The zero-order valence-electron chi connectivity index (χ0n) is 16.1. The molecule has 0 spiro atoms. The first-order valence-electron chi connectivity index (χ1n) is 9.49. The van der Waals surface area contributed by atoms with Crippen LogP contribution in [0.15, 0.2) is 42.5 Å². The van der Waals surface area contributed by atoms with Crippen LogP contribution < -0.4 is 10.1 Å². The van der Waals surface area contributed by atoms with Crippen molar-refractivity contribution >= 4 is 22.5 Å². The number of methoxy groups -OCH3 is 1. The zero-order chi connectivity index (χ0) is 21.5. The molecule has 8 heteroatoms. The molecule has 1 atom stereocenters. The molecule has 4 nitrogen and oxygen atoms in total. The molecule has 1 aromatic heterocycles. The van der Waals surface area contributed by atoms with E-state index >= 15 is 0 Å². The Morgan fingerprint density at radius 2 is 1.90 bits per heavy atom. The predicted molar refractivity (Wildman–Crippen MR) is 109 cm³/mol. The number of nitrogens with one attached hydrogen (secondary N) is 1. The summed E-state index contributed by atoms with van der Waals surface area (Å²) in [6.45, 7) is 1.51. The average Bonchev–Trinajstić information content (AvgIpc) is 2.68. The number of aliphatic hydroxyl groups is 1. The summed E-state index contributed by atoms with van der Waals surface area (Å²) in [6, 6.07) is 10.4. The van der Waals surface area contributed by atoms with Crippen LogP contribution in [0.2, 0.25) is 5.02 Å². The predicted octanol–water partition coefficient (Wildman–Crippen LogP) is 4.76. The van der Waals surface area contributed by atoms with Crippen LogP contribution in [-0.4, -0.2) is 30.3 Å². The van der Waals surface area contributed by atoms with E-state index < -0.39 is 17.8 Å². The molecular formula is C22H20ClF3N2O2. The Hall–Kier alpha value is -2.35. The van der Waals surface area contributed by atoms with Crippen molar-refractivity contribution in [1.82, 2.24) is 10.3 Å². The molecule has 2 heterocycles. The number of aromatic nitrogens is 1. The smallest absolute Gasteiger partial charge is 0.416 e. The van der Waals surface area contributed by atoms with Gasteiger partial charge in [0.1, 0.15) is 0 Å². The minimum Gasteiger partial charge on any atom is -0.481 e. The van der Waals surface area contributed by atoms with Gasteiger partial charge in [0.25, 0.3) is 0 Å². The van der Waals surface area contributed by atoms with Gasteiger partial charge in [-0.15, -0.1) is 0 Å². The van der Waals surface area contributed by atoms with Gasteiger partial charge in [0.15, 0.2) is 0 Å². The maximum absolute atomic E-state index is 12.8. The van der Waals surface area contributed by atoms with Gasteiger partial charge >= 0.3 is 6.18 Å². The van der Waals surface area contributed by atoms with Crippen molar-refractivity contribution < 1.29 is 23.0 Å². The number of pyridine rings is 1. The number of nitrogens with zero attached hydrogens (tertiary/aromatic N) is 1. The standard InChI is InChI=1S/C22H20ClF3N2O2/c1-30-21-17(8-12-2-5-15(6-3-12)22(24,25)26)19(23)16-9-13(4-7-18(16)28-21)20(29)14-10-27-11-14/h2-7,9,14,20,27,29H,8,10-11H2,1H3. The molecule has 3 aromatic rings. The number of halogens is 4. The fraction of sp³-hybridized carbons (Fsp3) is 0.318. The van der Waals surface area contributed by atoms with Gasteiger partial charge < -0.3 is 15.2 Å². The van der Waals surface area contributed by atoms with Crippen molar-refractivity contribution in [2.24, 2.45) is 5.92 Å². The highest BCUT2D eigenvalue weighted by atomic mass is 35.5. The van der Waals surface area contributed by atoms with E-state index in [1.54, 1.807) is 6.07 Å². The number of rotatable bonds is 5. The molecule has 2 N–H and O–H groups in total. The third-order valence-corrected chi connectivity index (χ3v) is 5.89. The molecule has 2 aromatic carbocycles. The lowest BCUT2D eigenvalue weighted by Crippen LogP contribution is -2.45. The molecule has 0 bridgehead atoms. The van der Waals surface area contributed by atoms with Crippen LogP contribution in [0.4, 0.5) is 13.2 Å². The summed E-state index contributed by atoms with van der Waals surface area (Å²) < 4.78 is 43.8. The van der Waals surface area contributed by atoms with E-state index in [0.29, 0.717) is 32.9 Å². The highest BCUT2D eigenvalue weighted by Crippen LogP contribution is 2.37. The summed E-state index contributed by atoms with van der Waals surface area (Å²) in [7, 11) is 1.47. The lowest BCUT2D eigenvalue weighted by atomic mass is 9.90. The van der Waals surface area contributed by atoms with Crippen molar-refractivity contribution in [2.75, 3.05) is 20.2 Å². The number of alkyl halides is 3. The molecule has 0 aliphatic carbocycles. The van der Waals surface area contributed by atoms with Crippen LogP contribution in [0.25, 0.3) is 10.9 Å². The minimum atomic E-state index is -4.38. The number of fused-ring (bicyclic) bond motifs is 1. The molecule has 1 aliphatic heterocycles. The van der Waals surface area contributed by atoms with Gasteiger partial charge in [-0.2, -0.15) is 13.2 Å². The quantitative estimate of drug-likeness (QED) is 0.605. The number of ether oxygens (including phenoxy) is 1. The van der Waals surface area contributed by atoms with Crippen molar-refractivity contribution in [2.45, 2.75) is 18.7 Å². The molecule has 1 saturated heterocycles. The molecule has 30 heavy (non-hydrogen) atoms. The van der Waals surface area contributed by atoms with Gasteiger partial charge in [0.2, 0.25) is 5.88 Å². The van der Waals surface area contributed by atoms with Crippen LogP contribution >= 0.6 is 11.6 Å². The van der Waals surface area contributed by atoms with E-state index in [9.17, 15) is 18.3 Å². The topological polar surface area (TPSA) is 54.4 Å². The molecule has 1 fully saturated rings. The Labute approximate surface area is 176 Å². The fourth-order valence-corrected chi connectivity index (χ4v) is 3.89. The second kappa shape index (κ2) is 8.06. The maximum Gasteiger partial charge on any atom is 0.416 e. The zero-order valence-corrected chi connectivity index (χ0v) is 16.9. The number of benzene rings is 2. The van der Waals surface area contributed by atoms with E-state index in [2.05, 4.69) is 10.3 Å². The number of hydrogen-bond acceptors (Lipinski definition) is 4. The highest BCUT2D eigenvalue weighted by Gasteiger charge is 2.30. The second-order valence-corrected chi connectivity index (χ2v) is 7.80. The van der Waals surface area contributed by atoms with Gasteiger partial charge in [-0.05, 0) is 35.4 Å². The monoisotopic (exact) mass is 436 g/mol. The fourth-order valence-electron chi connectivity index (χ4n) is 3.59. The Bertz CT molecular complexity index is 1070. The molecule has 4 rings (SSSR count). The Morgan fingerprint density at radius 1 is 1.20 bits per heavy atom. The van der Waals surface area contributed by atoms with Crippen molar-refractivity contribution in [1.29, 1.82) is 0 Å². The molecule has 1 aliphatic rings. The first-order valence-corrected chi connectivity index (χ1v) is 9.86. The highest BCUT2D eigenvalue weighted by molar-refractivity contribution is 6.36. The van der Waals surface area contributed by atoms with Crippen molar-refractivity contribution in [3.8, 4) is 5.88 Å². The largest absolute Gasteiger partial charge is 0.481 e. The Kier molecular flexibility index (Phi) is 5.61. The summed E-state index contributed by atoms with van der Waals surface area (Å²) in [5.74, 6) is 0.475. The van der Waals surface area contributed by atoms with Crippen molar-refractivity contribution in [3.05, 3.63) is 69.7 Å². The summed E-state index contributed by atoms with van der Waals surface area (Å²) in [5.41, 5.74) is 1.91. The Balaban J connectivity index is 1.71. The SMILES string of the molecule is COc1nc2ccc(C(O)C3CNC3)cc2c(Cl)c1Cc1ccc(C(F)(F)F)cc1. The summed E-state index contributed by atoms with van der Waals surface area (Å²) in [6.07, 6.45) is -4.72. The van der Waals surface area contributed by atoms with E-state index in [1.807, 2.05) is 12.1 Å². The van der Waals surface area contributed by atoms with E-state index in [1.165, 1.54) is 19.2 Å². The number of hydrogen-bond donors (Lipinski definition) is 2. The second-order valence-electron chi connectivity index (χ2n) is 7.42. The van der Waals surface area contributed by atoms with E-state index in [4.69, 9.17) is 16.3 Å². The van der Waals surface area contributed by atoms with Crippen LogP contribution in [0.3, 0.4) is 0 Å². The first kappa shape index (κ1) is 20.9. The van der Waals surface area contributed by atoms with E-state index in [0.717, 1.165) is 30.8 Å². The third kappa shape index (κ3) is 3.97. The lowest BCUT2D eigenvalue weighted by Gasteiger charge is -2.31. The first-order chi connectivity index (χ1) is 14.3. The molecule has 1 unspecified atom stereocenters. The third-order valence-electron chi connectivity index (χ3n) is 5.46. The van der Waals surface area contributed by atoms with Crippen LogP contribution in [0.1, 0.15) is 28.4 Å². The molecule has 158 valence electrons. The van der Waals surface area contributed by atoms with E-state index in [-0.39, 0.29) is 12.3 Å². The molecular weight excluding hydrogens is 417 g/mol. The molecule has 0 radical (unpaired) electrons. The van der Waals surface area contributed by atoms with Crippen molar-refractivity contribution in [3.63, 3.8) is 0 Å². The normalized spacial score (nSPS) is 15.8. The maximum atomic E-state index is 12.8. The number of aliphatic hydroxyl groups excluding tert-OH is 1. The summed E-state index contributed by atoms with van der Waals surface area (Å²) >= 11 is 6.69. The van der Waals surface area contributed by atoms with Gasteiger partial charge in [-0.25, -0.2) is 4.98 Å². The van der Waals surface area contributed by atoms with Gasteiger partial charge in [-0.1, -0.05) is 29.8 Å². The van der Waals surface area contributed by atoms with Gasteiger partial charge in [0.05, 0.1) is 29.3 Å². The molecule has 0 amide bonds. The van der Waals surface area contributed by atoms with Crippen LogP contribution in [0, 0.1) is 5.92 Å². The molecule has 0 saturated carbocycles. The summed E-state index contributed by atoms with van der Waals surface area (Å²) in [4.78, 5) is 4.51. The van der Waals surface area contributed by atoms with Crippen LogP contribution in [-0.2, 0) is 12.6 Å².